The molecule has 100 valence electrons. The van der Waals surface area contributed by atoms with Crippen LogP contribution in [0.1, 0.15) is 18.6 Å². The van der Waals surface area contributed by atoms with Crippen molar-refractivity contribution in [3.05, 3.63) is 72.3 Å². The van der Waals surface area contributed by atoms with E-state index in [1.807, 2.05) is 12.1 Å². The van der Waals surface area contributed by atoms with Crippen LogP contribution in [0.3, 0.4) is 0 Å². The summed E-state index contributed by atoms with van der Waals surface area (Å²) in [5, 5.41) is 12.0. The monoisotopic (exact) mass is 280 g/mol. The van der Waals surface area contributed by atoms with Crippen molar-refractivity contribution in [3.8, 4) is 0 Å². The van der Waals surface area contributed by atoms with E-state index in [4.69, 9.17) is 0 Å². The van der Waals surface area contributed by atoms with Gasteiger partial charge in [0.2, 0.25) is 0 Å². The largest absolute Gasteiger partial charge is 0.389 e. The van der Waals surface area contributed by atoms with Gasteiger partial charge in [-0.1, -0.05) is 54.2 Å². The van der Waals surface area contributed by atoms with E-state index in [0.29, 0.717) is 0 Å². The lowest BCUT2D eigenvalue weighted by Crippen LogP contribution is -1.89. The number of rotatable bonds is 3. The average molecular weight is 280 g/mol. The van der Waals surface area contributed by atoms with Gasteiger partial charge in [0.05, 0.1) is 6.10 Å². The van der Waals surface area contributed by atoms with Crippen LogP contribution in [0.4, 0.5) is 0 Å². The van der Waals surface area contributed by atoms with Crippen LogP contribution < -0.4 is 0 Å². The second-order valence-corrected chi connectivity index (χ2v) is 6.00. The lowest BCUT2D eigenvalue weighted by atomic mass is 10.1. The van der Waals surface area contributed by atoms with E-state index < -0.39 is 6.10 Å². The van der Waals surface area contributed by atoms with Gasteiger partial charge < -0.3 is 5.11 Å². The van der Waals surface area contributed by atoms with Gasteiger partial charge in [-0.3, -0.25) is 0 Å². The molecule has 0 aromatic heterocycles. The van der Waals surface area contributed by atoms with Crippen LogP contribution in [-0.2, 0) is 0 Å². The molecule has 0 amide bonds. The van der Waals surface area contributed by atoms with Crippen molar-refractivity contribution < 1.29 is 5.11 Å². The highest BCUT2D eigenvalue weighted by Gasteiger charge is 2.02. The summed E-state index contributed by atoms with van der Waals surface area (Å²) in [7, 11) is 0. The van der Waals surface area contributed by atoms with Crippen LogP contribution in [0.15, 0.2) is 76.5 Å². The maximum absolute atomic E-state index is 9.52. The first kappa shape index (κ1) is 13.2. The predicted octanol–water partition coefficient (Wildman–Crippen LogP) is 5.04. The quantitative estimate of drug-likeness (QED) is 0.725. The summed E-state index contributed by atoms with van der Waals surface area (Å²) in [6, 6.07) is 23.0. The minimum absolute atomic E-state index is 0.408. The summed E-state index contributed by atoms with van der Waals surface area (Å²) >= 11 is 1.74. The minimum Gasteiger partial charge on any atom is -0.389 e. The van der Waals surface area contributed by atoms with E-state index in [0.717, 1.165) is 5.56 Å². The first-order chi connectivity index (χ1) is 9.72. The molecule has 1 atom stereocenters. The Balaban J connectivity index is 1.85. The molecule has 0 radical (unpaired) electrons. The molecule has 2 heteroatoms. The molecular formula is C18H16OS. The number of benzene rings is 3. The summed E-state index contributed by atoms with van der Waals surface area (Å²) < 4.78 is 0. The second kappa shape index (κ2) is 5.70. The molecule has 0 fully saturated rings. The van der Waals surface area contributed by atoms with Crippen molar-refractivity contribution in [2.24, 2.45) is 0 Å². The van der Waals surface area contributed by atoms with Crippen LogP contribution >= 0.6 is 11.8 Å². The minimum atomic E-state index is -0.408. The van der Waals surface area contributed by atoms with Gasteiger partial charge in [-0.15, -0.1) is 0 Å². The van der Waals surface area contributed by atoms with Crippen LogP contribution in [0.5, 0.6) is 0 Å². The van der Waals surface area contributed by atoms with Crippen molar-refractivity contribution in [2.45, 2.75) is 22.8 Å². The number of fused-ring (bicyclic) bond motifs is 1. The third-order valence-corrected chi connectivity index (χ3v) is 4.32. The standard InChI is InChI=1S/C18H16OS/c1-13(19)14-6-9-17(10-7-14)20-18-11-8-15-4-2-3-5-16(15)12-18/h2-13,19H,1H3/t13-/m1/s1. The Morgan fingerprint density at radius 3 is 2.15 bits per heavy atom. The van der Waals surface area contributed by atoms with Crippen molar-refractivity contribution in [3.63, 3.8) is 0 Å². The SMILES string of the molecule is C[C@@H](O)c1ccc(Sc2ccc3ccccc3c2)cc1. The summed E-state index contributed by atoms with van der Waals surface area (Å²) in [5.74, 6) is 0. The Morgan fingerprint density at radius 2 is 1.45 bits per heavy atom. The Labute approximate surface area is 123 Å². The van der Waals surface area contributed by atoms with Gasteiger partial charge in [0, 0.05) is 9.79 Å². The topological polar surface area (TPSA) is 20.2 Å². The molecule has 0 aliphatic heterocycles. The smallest absolute Gasteiger partial charge is 0.0761 e. The summed E-state index contributed by atoms with van der Waals surface area (Å²) in [6.07, 6.45) is -0.408. The molecule has 3 rings (SSSR count). The Bertz CT molecular complexity index is 717. The normalized spacial score (nSPS) is 12.5. The molecule has 0 aliphatic carbocycles. The average Bonchev–Trinajstić information content (AvgIpc) is 2.48. The van der Waals surface area contributed by atoms with Gasteiger partial charge in [-0.05, 0) is 47.5 Å². The summed E-state index contributed by atoms with van der Waals surface area (Å²) in [6.45, 7) is 1.78. The highest BCUT2D eigenvalue weighted by Crippen LogP contribution is 2.30. The third-order valence-electron chi connectivity index (χ3n) is 3.32. The lowest BCUT2D eigenvalue weighted by molar-refractivity contribution is 0.199. The number of aliphatic hydroxyl groups is 1. The van der Waals surface area contributed by atoms with E-state index >= 15 is 0 Å². The van der Waals surface area contributed by atoms with Gasteiger partial charge in [-0.25, -0.2) is 0 Å². The lowest BCUT2D eigenvalue weighted by Gasteiger charge is -2.07. The molecule has 0 spiro atoms. The van der Waals surface area contributed by atoms with Crippen molar-refractivity contribution >= 4 is 22.5 Å². The molecule has 3 aromatic carbocycles. The van der Waals surface area contributed by atoms with Crippen molar-refractivity contribution in [1.29, 1.82) is 0 Å². The highest BCUT2D eigenvalue weighted by atomic mass is 32.2. The fourth-order valence-corrected chi connectivity index (χ4v) is 3.05. The Morgan fingerprint density at radius 1 is 0.800 bits per heavy atom. The Hall–Kier alpha value is -1.77. The van der Waals surface area contributed by atoms with E-state index in [1.165, 1.54) is 20.6 Å². The van der Waals surface area contributed by atoms with Crippen LogP contribution in [-0.4, -0.2) is 5.11 Å². The molecule has 3 aromatic rings. The highest BCUT2D eigenvalue weighted by molar-refractivity contribution is 7.99. The van der Waals surface area contributed by atoms with Gasteiger partial charge in [-0.2, -0.15) is 0 Å². The molecule has 0 aliphatic rings. The van der Waals surface area contributed by atoms with Crippen LogP contribution in [0.25, 0.3) is 10.8 Å². The number of aliphatic hydroxyl groups excluding tert-OH is 1. The molecular weight excluding hydrogens is 264 g/mol. The van der Waals surface area contributed by atoms with Crippen molar-refractivity contribution in [2.75, 3.05) is 0 Å². The zero-order valence-corrected chi connectivity index (χ0v) is 12.1. The molecule has 0 saturated carbocycles. The first-order valence-electron chi connectivity index (χ1n) is 6.67. The van der Waals surface area contributed by atoms with Gasteiger partial charge in [0.1, 0.15) is 0 Å². The molecule has 1 N–H and O–H groups in total. The molecule has 0 bridgehead atoms. The zero-order valence-electron chi connectivity index (χ0n) is 11.3. The van der Waals surface area contributed by atoms with Gasteiger partial charge in [0.15, 0.2) is 0 Å². The third kappa shape index (κ3) is 2.87. The van der Waals surface area contributed by atoms with E-state index in [9.17, 15) is 5.11 Å². The fraction of sp³-hybridized carbons (Fsp3) is 0.111. The van der Waals surface area contributed by atoms with E-state index in [1.54, 1.807) is 18.7 Å². The molecule has 0 heterocycles. The number of hydrogen-bond acceptors (Lipinski definition) is 2. The predicted molar refractivity (Wildman–Crippen MR) is 85.1 cm³/mol. The molecule has 0 saturated heterocycles. The number of hydrogen-bond donors (Lipinski definition) is 1. The van der Waals surface area contributed by atoms with Gasteiger partial charge in [0.25, 0.3) is 0 Å². The molecule has 0 unspecified atom stereocenters. The van der Waals surface area contributed by atoms with E-state index in [-0.39, 0.29) is 0 Å². The van der Waals surface area contributed by atoms with Gasteiger partial charge >= 0.3 is 0 Å². The van der Waals surface area contributed by atoms with E-state index in [2.05, 4.69) is 54.6 Å². The second-order valence-electron chi connectivity index (χ2n) is 4.86. The Kier molecular flexibility index (Phi) is 3.77. The first-order valence-corrected chi connectivity index (χ1v) is 7.49. The molecule has 20 heavy (non-hydrogen) atoms. The maximum atomic E-state index is 9.52. The van der Waals surface area contributed by atoms with Crippen LogP contribution in [0, 0.1) is 0 Å². The fourth-order valence-electron chi connectivity index (χ4n) is 2.18. The maximum Gasteiger partial charge on any atom is 0.0761 e. The zero-order chi connectivity index (χ0) is 13.9. The van der Waals surface area contributed by atoms with Crippen molar-refractivity contribution in [1.82, 2.24) is 0 Å². The molecule has 1 nitrogen and oxygen atoms in total. The van der Waals surface area contributed by atoms with Crippen LogP contribution in [0.2, 0.25) is 0 Å². The summed E-state index contributed by atoms with van der Waals surface area (Å²) in [4.78, 5) is 2.41. The summed E-state index contributed by atoms with van der Waals surface area (Å²) in [5.41, 5.74) is 0.952.